The van der Waals surface area contributed by atoms with Crippen LogP contribution in [0.3, 0.4) is 0 Å². The predicted molar refractivity (Wildman–Crippen MR) is 110 cm³/mol. The van der Waals surface area contributed by atoms with Crippen molar-refractivity contribution < 1.29 is 24.5 Å². The second-order valence-electron chi connectivity index (χ2n) is 8.10. The summed E-state index contributed by atoms with van der Waals surface area (Å²) in [7, 11) is 0. The summed E-state index contributed by atoms with van der Waals surface area (Å²) in [5, 5.41) is 18.8. The Morgan fingerprint density at radius 2 is 1.54 bits per heavy atom. The number of hydrogen-bond acceptors (Lipinski definition) is 5. The molecule has 1 saturated heterocycles. The summed E-state index contributed by atoms with van der Waals surface area (Å²) in [6.07, 6.45) is 13.9. The fourth-order valence-electron chi connectivity index (χ4n) is 3.82. The number of aliphatic hydroxyl groups is 1. The fraction of sp³-hybridized carbons (Fsp3) is 0.909. The van der Waals surface area contributed by atoms with Crippen molar-refractivity contribution in [2.24, 2.45) is 0 Å². The van der Waals surface area contributed by atoms with E-state index < -0.39 is 18.1 Å². The van der Waals surface area contributed by atoms with E-state index in [1.165, 1.54) is 44.9 Å². The molecule has 0 aromatic heterocycles. The molecular formula is C22H41NO5. The molecule has 0 aromatic carbocycles. The molecule has 0 aliphatic carbocycles. The third-order valence-electron chi connectivity index (χ3n) is 5.50. The van der Waals surface area contributed by atoms with Crippen LogP contribution in [0.15, 0.2) is 0 Å². The first-order valence-corrected chi connectivity index (χ1v) is 11.3. The normalized spacial score (nSPS) is 19.8. The minimum atomic E-state index is -0.864. The Hall–Kier alpha value is -1.14. The van der Waals surface area contributed by atoms with Gasteiger partial charge in [-0.05, 0) is 25.8 Å². The maximum atomic E-state index is 11.7. The molecule has 0 saturated carbocycles. The maximum absolute atomic E-state index is 11.7. The molecule has 2 atom stereocenters. The number of β-amino-alcohol motifs (C(OH)–C–C–N with tert-alkyl or cyclic N) is 1. The van der Waals surface area contributed by atoms with Crippen molar-refractivity contribution in [2.75, 3.05) is 19.7 Å². The summed E-state index contributed by atoms with van der Waals surface area (Å²) in [4.78, 5) is 24.7. The van der Waals surface area contributed by atoms with Crippen LogP contribution in [-0.2, 0) is 14.3 Å². The number of aliphatic hydroxyl groups excluding tert-OH is 1. The maximum Gasteiger partial charge on any atom is 0.321 e. The zero-order chi connectivity index (χ0) is 20.6. The van der Waals surface area contributed by atoms with Crippen LogP contribution in [0, 0.1) is 0 Å². The highest BCUT2D eigenvalue weighted by Crippen LogP contribution is 2.19. The van der Waals surface area contributed by atoms with Crippen LogP contribution < -0.4 is 0 Å². The van der Waals surface area contributed by atoms with Gasteiger partial charge in [0.15, 0.2) is 0 Å². The van der Waals surface area contributed by atoms with E-state index in [0.717, 1.165) is 32.1 Å². The first-order chi connectivity index (χ1) is 13.5. The lowest BCUT2D eigenvalue weighted by Crippen LogP contribution is -2.36. The molecule has 2 N–H and O–H groups in total. The highest BCUT2D eigenvalue weighted by Gasteiger charge is 2.35. The Balaban J connectivity index is 1.90. The first kappa shape index (κ1) is 24.9. The smallest absolute Gasteiger partial charge is 0.321 e. The molecule has 6 nitrogen and oxygen atoms in total. The van der Waals surface area contributed by atoms with Crippen molar-refractivity contribution in [3.8, 4) is 0 Å². The van der Waals surface area contributed by atoms with Crippen LogP contribution in [0.1, 0.15) is 96.8 Å². The highest BCUT2D eigenvalue weighted by molar-refractivity contribution is 5.74. The average Bonchev–Trinajstić information content (AvgIpc) is 3.04. The van der Waals surface area contributed by atoms with Gasteiger partial charge in [0.25, 0.3) is 0 Å². The van der Waals surface area contributed by atoms with E-state index in [2.05, 4.69) is 6.92 Å². The number of nitrogens with zero attached hydrogens (tertiary/aromatic N) is 1. The van der Waals surface area contributed by atoms with Gasteiger partial charge in [-0.2, -0.15) is 0 Å². The minimum absolute atomic E-state index is 0.125. The lowest BCUT2D eigenvalue weighted by atomic mass is 10.1. The van der Waals surface area contributed by atoms with Gasteiger partial charge < -0.3 is 14.9 Å². The third kappa shape index (κ3) is 11.6. The molecule has 0 bridgehead atoms. The Bertz CT molecular complexity index is 429. The molecule has 0 aromatic rings. The van der Waals surface area contributed by atoms with Crippen LogP contribution in [0.4, 0.5) is 0 Å². The van der Waals surface area contributed by atoms with Crippen LogP contribution in [0.5, 0.6) is 0 Å². The van der Waals surface area contributed by atoms with E-state index in [1.807, 2.05) is 4.90 Å². The Labute approximate surface area is 170 Å². The lowest BCUT2D eigenvalue weighted by Gasteiger charge is -2.20. The second kappa shape index (κ2) is 15.7. The van der Waals surface area contributed by atoms with Gasteiger partial charge in [-0.3, -0.25) is 14.5 Å². The summed E-state index contributed by atoms with van der Waals surface area (Å²) in [6.45, 7) is 3.85. The number of rotatable bonds is 17. The number of hydrogen-bond donors (Lipinski definition) is 2. The number of unbranched alkanes of at least 4 members (excludes halogenated alkanes) is 10. The fourth-order valence-corrected chi connectivity index (χ4v) is 3.82. The van der Waals surface area contributed by atoms with E-state index >= 15 is 0 Å². The molecule has 6 heteroatoms. The number of carbonyl (C=O) groups is 2. The summed E-state index contributed by atoms with van der Waals surface area (Å²) in [6, 6.07) is -0.573. The second-order valence-corrected chi connectivity index (χ2v) is 8.10. The van der Waals surface area contributed by atoms with E-state index in [9.17, 15) is 14.7 Å². The average molecular weight is 400 g/mol. The zero-order valence-corrected chi connectivity index (χ0v) is 17.7. The molecule has 28 heavy (non-hydrogen) atoms. The molecule has 1 aliphatic heterocycles. The van der Waals surface area contributed by atoms with Gasteiger partial charge in [-0.1, -0.05) is 64.7 Å². The first-order valence-electron chi connectivity index (χ1n) is 11.3. The minimum Gasteiger partial charge on any atom is -0.480 e. The monoisotopic (exact) mass is 399 g/mol. The van der Waals surface area contributed by atoms with Gasteiger partial charge in [0, 0.05) is 19.4 Å². The van der Waals surface area contributed by atoms with E-state index in [-0.39, 0.29) is 5.97 Å². The molecule has 1 aliphatic rings. The Morgan fingerprint density at radius 1 is 0.929 bits per heavy atom. The lowest BCUT2D eigenvalue weighted by molar-refractivity contribution is -0.144. The number of carboxylic acid groups (broad SMARTS) is 1. The topological polar surface area (TPSA) is 87.1 Å². The molecule has 0 radical (unpaired) electrons. The number of carbonyl (C=O) groups excluding carboxylic acids is 1. The molecule has 164 valence electrons. The van der Waals surface area contributed by atoms with Crippen molar-refractivity contribution >= 4 is 11.9 Å². The van der Waals surface area contributed by atoms with Crippen LogP contribution in [0.25, 0.3) is 0 Å². The van der Waals surface area contributed by atoms with Crippen LogP contribution >= 0.6 is 0 Å². The Morgan fingerprint density at radius 3 is 2.18 bits per heavy atom. The number of ether oxygens (including phenoxy) is 1. The van der Waals surface area contributed by atoms with Crippen molar-refractivity contribution in [1.29, 1.82) is 0 Å². The largest absolute Gasteiger partial charge is 0.480 e. The molecule has 1 fully saturated rings. The summed E-state index contributed by atoms with van der Waals surface area (Å²) < 4.78 is 5.28. The SMILES string of the molecule is CCCCCCCCCCCOC(=O)CCCCCN1CC(O)C[C@H]1C(=O)O. The van der Waals surface area contributed by atoms with Gasteiger partial charge in [0.1, 0.15) is 6.04 Å². The highest BCUT2D eigenvalue weighted by atomic mass is 16.5. The molecular weight excluding hydrogens is 358 g/mol. The van der Waals surface area contributed by atoms with Crippen molar-refractivity contribution in [1.82, 2.24) is 4.90 Å². The zero-order valence-electron chi connectivity index (χ0n) is 17.7. The van der Waals surface area contributed by atoms with Gasteiger partial charge >= 0.3 is 11.9 Å². The van der Waals surface area contributed by atoms with Gasteiger partial charge in [-0.15, -0.1) is 0 Å². The van der Waals surface area contributed by atoms with Crippen molar-refractivity contribution in [2.45, 2.75) is 109 Å². The number of esters is 1. The third-order valence-corrected chi connectivity index (χ3v) is 5.50. The van der Waals surface area contributed by atoms with Crippen molar-refractivity contribution in [3.63, 3.8) is 0 Å². The molecule has 1 heterocycles. The van der Waals surface area contributed by atoms with Gasteiger partial charge in [-0.25, -0.2) is 0 Å². The van der Waals surface area contributed by atoms with Crippen LogP contribution in [0.2, 0.25) is 0 Å². The summed E-state index contributed by atoms with van der Waals surface area (Å²) in [5.74, 6) is -0.990. The number of likely N-dealkylation sites (tertiary alicyclic amines) is 1. The van der Waals surface area contributed by atoms with Crippen molar-refractivity contribution in [3.05, 3.63) is 0 Å². The molecule has 0 amide bonds. The quantitative estimate of drug-likeness (QED) is 0.282. The van der Waals surface area contributed by atoms with Gasteiger partial charge in [0.05, 0.1) is 12.7 Å². The number of carboxylic acids is 1. The molecule has 1 unspecified atom stereocenters. The van der Waals surface area contributed by atoms with E-state index in [4.69, 9.17) is 9.84 Å². The molecule has 0 spiro atoms. The van der Waals surface area contributed by atoms with Crippen LogP contribution in [-0.4, -0.2) is 58.9 Å². The standard InChI is InChI=1S/C22H41NO5/c1-2-3-4-5-6-7-8-9-13-16-28-21(25)14-11-10-12-15-23-18-19(24)17-20(23)22(26)27/h19-20,24H,2-18H2,1H3,(H,26,27)/t19?,20-/m0/s1. The molecule has 1 rings (SSSR count). The van der Waals surface area contributed by atoms with Gasteiger partial charge in [0.2, 0.25) is 0 Å². The van der Waals surface area contributed by atoms with E-state index in [1.54, 1.807) is 0 Å². The predicted octanol–water partition coefficient (Wildman–Crippen LogP) is 4.14. The van der Waals surface area contributed by atoms with E-state index in [0.29, 0.717) is 32.5 Å². The number of aliphatic carboxylic acids is 1. The summed E-state index contributed by atoms with van der Waals surface area (Å²) >= 11 is 0. The Kier molecular flexibility index (Phi) is 14.0. The summed E-state index contributed by atoms with van der Waals surface area (Å²) in [5.41, 5.74) is 0.